The molecule has 5 nitrogen and oxygen atoms in total. The first-order chi connectivity index (χ1) is 11.4. The first-order valence-electron chi connectivity index (χ1n) is 8.04. The molecule has 0 unspecified atom stereocenters. The SMILES string of the molecule is Cc1nc2ccc(Cl)cc2cc1C(=O)N1C[C@H](C(N)=O)CC[C@H]1C. The molecule has 2 heterocycles. The zero-order valence-electron chi connectivity index (χ0n) is 13.8. The summed E-state index contributed by atoms with van der Waals surface area (Å²) >= 11 is 6.04. The number of hydrogen-bond donors (Lipinski definition) is 1. The number of fused-ring (bicyclic) bond motifs is 1. The topological polar surface area (TPSA) is 76.3 Å². The minimum Gasteiger partial charge on any atom is -0.369 e. The quantitative estimate of drug-likeness (QED) is 0.909. The van der Waals surface area contributed by atoms with Gasteiger partial charge in [-0.25, -0.2) is 0 Å². The molecule has 3 rings (SSSR count). The van der Waals surface area contributed by atoms with E-state index in [0.29, 0.717) is 22.8 Å². The molecule has 2 aromatic rings. The summed E-state index contributed by atoms with van der Waals surface area (Å²) in [6.07, 6.45) is 1.50. The molecule has 0 saturated carbocycles. The van der Waals surface area contributed by atoms with Crippen LogP contribution in [0.2, 0.25) is 5.02 Å². The number of piperidine rings is 1. The molecule has 1 aromatic heterocycles. The first-order valence-corrected chi connectivity index (χ1v) is 8.42. The van der Waals surface area contributed by atoms with Crippen molar-refractivity contribution in [1.82, 2.24) is 9.88 Å². The monoisotopic (exact) mass is 345 g/mol. The number of amides is 2. The fourth-order valence-electron chi connectivity index (χ4n) is 3.24. The lowest BCUT2D eigenvalue weighted by Gasteiger charge is -2.37. The van der Waals surface area contributed by atoms with Gasteiger partial charge in [0.2, 0.25) is 5.91 Å². The zero-order valence-corrected chi connectivity index (χ0v) is 14.5. The van der Waals surface area contributed by atoms with Crippen LogP contribution in [0.5, 0.6) is 0 Å². The van der Waals surface area contributed by atoms with Crippen molar-refractivity contribution in [3.05, 3.63) is 40.5 Å². The minimum absolute atomic E-state index is 0.0718. The number of benzene rings is 1. The molecule has 24 heavy (non-hydrogen) atoms. The highest BCUT2D eigenvalue weighted by atomic mass is 35.5. The molecule has 0 spiro atoms. The van der Waals surface area contributed by atoms with Crippen LogP contribution >= 0.6 is 11.6 Å². The molecule has 1 aromatic carbocycles. The van der Waals surface area contributed by atoms with E-state index in [1.165, 1.54) is 0 Å². The van der Waals surface area contributed by atoms with Gasteiger partial charge in [0.15, 0.2) is 0 Å². The van der Waals surface area contributed by atoms with E-state index in [2.05, 4.69) is 4.98 Å². The van der Waals surface area contributed by atoms with Gasteiger partial charge in [-0.1, -0.05) is 11.6 Å². The number of hydrogen-bond acceptors (Lipinski definition) is 3. The molecule has 0 radical (unpaired) electrons. The lowest BCUT2D eigenvalue weighted by atomic mass is 9.92. The molecule has 1 fully saturated rings. The lowest BCUT2D eigenvalue weighted by molar-refractivity contribution is -0.123. The molecule has 2 amide bonds. The summed E-state index contributed by atoms with van der Waals surface area (Å²) in [6.45, 7) is 4.18. The fraction of sp³-hybridized carbons (Fsp3) is 0.389. The summed E-state index contributed by atoms with van der Waals surface area (Å²) in [5.74, 6) is -0.742. The Hall–Kier alpha value is -2.14. The van der Waals surface area contributed by atoms with E-state index in [4.69, 9.17) is 17.3 Å². The lowest BCUT2D eigenvalue weighted by Crippen LogP contribution is -2.48. The highest BCUT2D eigenvalue weighted by Crippen LogP contribution is 2.26. The largest absolute Gasteiger partial charge is 0.369 e. The summed E-state index contributed by atoms with van der Waals surface area (Å²) in [5.41, 5.74) is 7.44. The van der Waals surface area contributed by atoms with Crippen LogP contribution in [0.1, 0.15) is 35.8 Å². The van der Waals surface area contributed by atoms with Gasteiger partial charge in [-0.2, -0.15) is 0 Å². The van der Waals surface area contributed by atoms with Gasteiger partial charge in [0.05, 0.1) is 22.7 Å². The summed E-state index contributed by atoms with van der Waals surface area (Å²) in [7, 11) is 0. The summed E-state index contributed by atoms with van der Waals surface area (Å²) < 4.78 is 0. The van der Waals surface area contributed by atoms with E-state index >= 15 is 0 Å². The Balaban J connectivity index is 1.97. The van der Waals surface area contributed by atoms with Crippen LogP contribution in [0.4, 0.5) is 0 Å². The number of carbonyl (C=O) groups excluding carboxylic acids is 2. The number of aromatic nitrogens is 1. The normalized spacial score (nSPS) is 21.0. The highest BCUT2D eigenvalue weighted by Gasteiger charge is 2.32. The van der Waals surface area contributed by atoms with Crippen LogP contribution in [-0.4, -0.2) is 34.3 Å². The zero-order chi connectivity index (χ0) is 17.4. The number of halogens is 1. The predicted octanol–water partition coefficient (Wildman–Crippen LogP) is 2.92. The van der Waals surface area contributed by atoms with Crippen molar-refractivity contribution in [1.29, 1.82) is 0 Å². The van der Waals surface area contributed by atoms with E-state index < -0.39 is 0 Å². The van der Waals surface area contributed by atoms with Crippen molar-refractivity contribution >= 4 is 34.3 Å². The number of likely N-dealkylation sites (tertiary alicyclic amines) is 1. The third kappa shape index (κ3) is 3.08. The minimum atomic E-state index is -0.347. The summed E-state index contributed by atoms with van der Waals surface area (Å²) in [4.78, 5) is 30.8. The molecule has 0 bridgehead atoms. The van der Waals surface area contributed by atoms with E-state index in [1.807, 2.05) is 26.0 Å². The third-order valence-corrected chi connectivity index (χ3v) is 4.98. The maximum Gasteiger partial charge on any atom is 0.255 e. The molecule has 2 N–H and O–H groups in total. The summed E-state index contributed by atoms with van der Waals surface area (Å²) in [5, 5.41) is 1.43. The number of rotatable bonds is 2. The number of nitrogens with zero attached hydrogens (tertiary/aromatic N) is 2. The first kappa shape index (κ1) is 16.7. The predicted molar refractivity (Wildman–Crippen MR) is 93.9 cm³/mol. The van der Waals surface area contributed by atoms with Crippen LogP contribution < -0.4 is 5.73 Å². The Bertz CT molecular complexity index is 821. The van der Waals surface area contributed by atoms with Crippen molar-refractivity contribution in [3.8, 4) is 0 Å². The van der Waals surface area contributed by atoms with Crippen LogP contribution in [0.15, 0.2) is 24.3 Å². The van der Waals surface area contributed by atoms with Gasteiger partial charge in [0, 0.05) is 23.0 Å². The molecule has 0 aliphatic carbocycles. The van der Waals surface area contributed by atoms with Crippen molar-refractivity contribution < 1.29 is 9.59 Å². The number of carbonyl (C=O) groups is 2. The molecular formula is C18H20ClN3O2. The number of aryl methyl sites for hydroxylation is 1. The van der Waals surface area contributed by atoms with Gasteiger partial charge in [-0.05, 0) is 51.0 Å². The molecule has 2 atom stereocenters. The number of pyridine rings is 1. The Morgan fingerprint density at radius 3 is 2.75 bits per heavy atom. The molecule has 1 saturated heterocycles. The number of primary amides is 1. The molecule has 1 aliphatic heterocycles. The van der Waals surface area contributed by atoms with Crippen molar-refractivity contribution in [2.45, 2.75) is 32.7 Å². The smallest absolute Gasteiger partial charge is 0.255 e. The van der Waals surface area contributed by atoms with Crippen molar-refractivity contribution in [3.63, 3.8) is 0 Å². The maximum atomic E-state index is 13.0. The van der Waals surface area contributed by atoms with Crippen LogP contribution in [-0.2, 0) is 4.79 Å². The van der Waals surface area contributed by atoms with E-state index in [0.717, 1.165) is 23.7 Å². The average Bonchev–Trinajstić information content (AvgIpc) is 2.54. The van der Waals surface area contributed by atoms with Gasteiger partial charge < -0.3 is 10.6 Å². The Morgan fingerprint density at radius 1 is 1.29 bits per heavy atom. The standard InChI is InChI=1S/C18H20ClN3O2/c1-10-3-4-12(17(20)23)9-22(10)18(24)15-8-13-7-14(19)5-6-16(13)21-11(15)2/h5-8,10,12H,3-4,9H2,1-2H3,(H2,20,23)/t10-,12-/m1/s1. The molecule has 6 heteroatoms. The second-order valence-electron chi connectivity index (χ2n) is 6.44. The summed E-state index contributed by atoms with van der Waals surface area (Å²) in [6, 6.07) is 7.31. The number of nitrogens with two attached hydrogens (primary N) is 1. The third-order valence-electron chi connectivity index (χ3n) is 4.74. The second kappa shape index (κ2) is 6.40. The van der Waals surface area contributed by atoms with Crippen LogP contribution in [0.25, 0.3) is 10.9 Å². The Morgan fingerprint density at radius 2 is 2.04 bits per heavy atom. The van der Waals surface area contributed by atoms with Gasteiger partial charge >= 0.3 is 0 Å². The van der Waals surface area contributed by atoms with E-state index in [1.54, 1.807) is 17.0 Å². The van der Waals surface area contributed by atoms with Gasteiger partial charge in [-0.3, -0.25) is 14.6 Å². The Kier molecular flexibility index (Phi) is 4.45. The van der Waals surface area contributed by atoms with Crippen LogP contribution in [0, 0.1) is 12.8 Å². The van der Waals surface area contributed by atoms with Crippen LogP contribution in [0.3, 0.4) is 0 Å². The molecule has 126 valence electrons. The molecular weight excluding hydrogens is 326 g/mol. The highest BCUT2D eigenvalue weighted by molar-refractivity contribution is 6.31. The maximum absolute atomic E-state index is 13.0. The fourth-order valence-corrected chi connectivity index (χ4v) is 3.42. The van der Waals surface area contributed by atoms with E-state index in [-0.39, 0.29) is 23.8 Å². The van der Waals surface area contributed by atoms with Gasteiger partial charge in [0.1, 0.15) is 0 Å². The average molecular weight is 346 g/mol. The molecule has 1 aliphatic rings. The van der Waals surface area contributed by atoms with E-state index in [9.17, 15) is 9.59 Å². The van der Waals surface area contributed by atoms with Crippen molar-refractivity contribution in [2.75, 3.05) is 6.54 Å². The van der Waals surface area contributed by atoms with Gasteiger partial charge in [0.25, 0.3) is 5.91 Å². The van der Waals surface area contributed by atoms with Gasteiger partial charge in [-0.15, -0.1) is 0 Å². The van der Waals surface area contributed by atoms with Crippen molar-refractivity contribution in [2.24, 2.45) is 11.7 Å². The second-order valence-corrected chi connectivity index (χ2v) is 6.88. The Labute approximate surface area is 145 Å².